The Labute approximate surface area is 145 Å². The van der Waals surface area contributed by atoms with E-state index in [2.05, 4.69) is 43.0 Å². The van der Waals surface area contributed by atoms with Crippen molar-refractivity contribution in [3.05, 3.63) is 65.2 Å². The molecule has 2 aromatic rings. The predicted octanol–water partition coefficient (Wildman–Crippen LogP) is 5.19. The van der Waals surface area contributed by atoms with Crippen molar-refractivity contribution in [3.8, 4) is 17.6 Å². The molecule has 24 heavy (non-hydrogen) atoms. The minimum atomic E-state index is 0.260. The van der Waals surface area contributed by atoms with Gasteiger partial charge in [0.05, 0.1) is 0 Å². The number of rotatable bonds is 8. The van der Waals surface area contributed by atoms with Gasteiger partial charge in [-0.05, 0) is 54.8 Å². The van der Waals surface area contributed by atoms with E-state index in [0.29, 0.717) is 0 Å². The van der Waals surface area contributed by atoms with Crippen LogP contribution in [0.2, 0.25) is 0 Å². The normalized spacial score (nSPS) is 10.1. The third kappa shape index (κ3) is 6.48. The molecular formula is C22H26O2. The highest BCUT2D eigenvalue weighted by Gasteiger charge is 1.95. The Morgan fingerprint density at radius 3 is 2.00 bits per heavy atom. The Hall–Kier alpha value is -2.24. The van der Waals surface area contributed by atoms with Crippen LogP contribution >= 0.6 is 0 Å². The van der Waals surface area contributed by atoms with E-state index < -0.39 is 0 Å². The minimum absolute atomic E-state index is 0.260. The lowest BCUT2D eigenvalue weighted by Gasteiger charge is -2.03. The summed E-state index contributed by atoms with van der Waals surface area (Å²) in [7, 11) is 1.61. The Balaban J connectivity index is 1.88. The zero-order valence-corrected chi connectivity index (χ0v) is 14.7. The molecular weight excluding hydrogens is 296 g/mol. The molecule has 0 aliphatic rings. The maximum absolute atomic E-state index is 5.36. The molecule has 2 nitrogen and oxygen atoms in total. The Morgan fingerprint density at radius 2 is 1.42 bits per heavy atom. The quantitative estimate of drug-likeness (QED) is 0.378. The Morgan fingerprint density at radius 1 is 0.792 bits per heavy atom. The molecule has 0 aromatic heterocycles. The average molecular weight is 322 g/mol. The van der Waals surface area contributed by atoms with E-state index in [1.807, 2.05) is 24.3 Å². The maximum Gasteiger partial charge on any atom is 0.188 e. The van der Waals surface area contributed by atoms with E-state index in [0.717, 1.165) is 23.3 Å². The van der Waals surface area contributed by atoms with Crippen LogP contribution in [0.25, 0.3) is 0 Å². The number of unbranched alkanes of at least 4 members (excludes halogenated alkanes) is 3. The highest BCUT2D eigenvalue weighted by molar-refractivity contribution is 5.44. The van der Waals surface area contributed by atoms with Gasteiger partial charge in [0.15, 0.2) is 6.79 Å². The highest BCUT2D eigenvalue weighted by Crippen LogP contribution is 2.12. The second kappa shape index (κ2) is 10.5. The van der Waals surface area contributed by atoms with Gasteiger partial charge in [-0.1, -0.05) is 50.2 Å². The maximum atomic E-state index is 5.36. The van der Waals surface area contributed by atoms with Crippen molar-refractivity contribution in [1.29, 1.82) is 0 Å². The second-order valence-electron chi connectivity index (χ2n) is 5.83. The lowest BCUT2D eigenvalue weighted by atomic mass is 10.0. The van der Waals surface area contributed by atoms with Gasteiger partial charge in [0.1, 0.15) is 5.75 Å². The van der Waals surface area contributed by atoms with Crippen LogP contribution in [-0.2, 0) is 11.2 Å². The van der Waals surface area contributed by atoms with E-state index >= 15 is 0 Å². The van der Waals surface area contributed by atoms with Crippen LogP contribution < -0.4 is 4.74 Å². The molecule has 2 rings (SSSR count). The fourth-order valence-corrected chi connectivity index (χ4v) is 2.42. The first-order chi connectivity index (χ1) is 11.8. The molecule has 0 heterocycles. The van der Waals surface area contributed by atoms with Gasteiger partial charge in [-0.3, -0.25) is 0 Å². The Kier molecular flexibility index (Phi) is 7.93. The molecule has 2 heteroatoms. The molecule has 0 spiro atoms. The SMILES string of the molecule is CCCCCCc1ccc(C#Cc2ccc(OCOC)cc2)cc1. The standard InChI is InChI=1S/C22H26O2/c1-3-4-5-6-7-19-8-10-20(11-9-19)12-13-21-14-16-22(17-15-21)24-18-23-2/h8-11,14-17H,3-7,18H2,1-2H3. The second-order valence-corrected chi connectivity index (χ2v) is 5.83. The van der Waals surface area contributed by atoms with Gasteiger partial charge in [-0.15, -0.1) is 0 Å². The van der Waals surface area contributed by atoms with Crippen LogP contribution in [0.5, 0.6) is 5.75 Å². The van der Waals surface area contributed by atoms with Gasteiger partial charge >= 0.3 is 0 Å². The largest absolute Gasteiger partial charge is 0.468 e. The van der Waals surface area contributed by atoms with Crippen LogP contribution in [0.4, 0.5) is 0 Å². The molecule has 0 fully saturated rings. The van der Waals surface area contributed by atoms with Crippen molar-refractivity contribution in [1.82, 2.24) is 0 Å². The summed E-state index contributed by atoms with van der Waals surface area (Å²) in [6.07, 6.45) is 6.38. The van der Waals surface area contributed by atoms with Crippen molar-refractivity contribution < 1.29 is 9.47 Å². The summed E-state index contributed by atoms with van der Waals surface area (Å²) in [6.45, 7) is 2.50. The minimum Gasteiger partial charge on any atom is -0.468 e. The zero-order valence-electron chi connectivity index (χ0n) is 14.7. The number of benzene rings is 2. The van der Waals surface area contributed by atoms with E-state index in [4.69, 9.17) is 9.47 Å². The molecule has 126 valence electrons. The van der Waals surface area contributed by atoms with Crippen molar-refractivity contribution in [3.63, 3.8) is 0 Å². The summed E-state index contributed by atoms with van der Waals surface area (Å²) < 4.78 is 10.2. The van der Waals surface area contributed by atoms with Crippen LogP contribution in [0.3, 0.4) is 0 Å². The summed E-state index contributed by atoms with van der Waals surface area (Å²) in [6, 6.07) is 16.3. The van der Waals surface area contributed by atoms with Gasteiger partial charge in [0, 0.05) is 18.2 Å². The molecule has 0 atom stereocenters. The molecule has 0 radical (unpaired) electrons. The van der Waals surface area contributed by atoms with Gasteiger partial charge in [-0.2, -0.15) is 0 Å². The first-order valence-electron chi connectivity index (χ1n) is 8.64. The molecule has 2 aromatic carbocycles. The third-order valence-electron chi connectivity index (χ3n) is 3.82. The van der Waals surface area contributed by atoms with E-state index in [9.17, 15) is 0 Å². The molecule has 0 unspecified atom stereocenters. The number of hydrogen-bond acceptors (Lipinski definition) is 2. The number of aryl methyl sites for hydroxylation is 1. The summed E-state index contributed by atoms with van der Waals surface area (Å²) in [5.41, 5.74) is 3.42. The van der Waals surface area contributed by atoms with Crippen LogP contribution in [0.15, 0.2) is 48.5 Å². The first-order valence-corrected chi connectivity index (χ1v) is 8.64. The van der Waals surface area contributed by atoms with Gasteiger partial charge in [0.2, 0.25) is 0 Å². The number of methoxy groups -OCH3 is 1. The fraction of sp³-hybridized carbons (Fsp3) is 0.364. The Bertz CT molecular complexity index is 645. The topological polar surface area (TPSA) is 18.5 Å². The van der Waals surface area contributed by atoms with Crippen LogP contribution in [-0.4, -0.2) is 13.9 Å². The van der Waals surface area contributed by atoms with E-state index in [1.165, 1.54) is 31.2 Å². The van der Waals surface area contributed by atoms with Gasteiger partial charge in [0.25, 0.3) is 0 Å². The van der Waals surface area contributed by atoms with Crippen LogP contribution in [0, 0.1) is 11.8 Å². The summed E-state index contributed by atoms with van der Waals surface area (Å²) in [5, 5.41) is 0. The van der Waals surface area contributed by atoms with Crippen molar-refractivity contribution in [2.24, 2.45) is 0 Å². The smallest absolute Gasteiger partial charge is 0.188 e. The van der Waals surface area contributed by atoms with Crippen molar-refractivity contribution in [2.45, 2.75) is 39.0 Å². The first kappa shape index (κ1) is 18.1. The number of hydrogen-bond donors (Lipinski definition) is 0. The monoisotopic (exact) mass is 322 g/mol. The van der Waals surface area contributed by atoms with E-state index in [-0.39, 0.29) is 6.79 Å². The summed E-state index contributed by atoms with van der Waals surface area (Å²) >= 11 is 0. The van der Waals surface area contributed by atoms with Crippen molar-refractivity contribution in [2.75, 3.05) is 13.9 Å². The van der Waals surface area contributed by atoms with Gasteiger partial charge < -0.3 is 9.47 Å². The zero-order chi connectivity index (χ0) is 17.0. The molecule has 0 aliphatic carbocycles. The molecule has 0 aliphatic heterocycles. The highest BCUT2D eigenvalue weighted by atomic mass is 16.7. The third-order valence-corrected chi connectivity index (χ3v) is 3.82. The summed E-state index contributed by atoms with van der Waals surface area (Å²) in [5.74, 6) is 7.19. The van der Waals surface area contributed by atoms with Crippen molar-refractivity contribution >= 4 is 0 Å². The number of ether oxygens (including phenoxy) is 2. The molecule has 0 saturated heterocycles. The molecule has 0 saturated carbocycles. The van der Waals surface area contributed by atoms with Gasteiger partial charge in [-0.25, -0.2) is 0 Å². The average Bonchev–Trinajstić information content (AvgIpc) is 2.64. The lowest BCUT2D eigenvalue weighted by Crippen LogP contribution is -1.98. The predicted molar refractivity (Wildman–Crippen MR) is 99.2 cm³/mol. The lowest BCUT2D eigenvalue weighted by molar-refractivity contribution is 0.0511. The molecule has 0 N–H and O–H groups in total. The molecule has 0 bridgehead atoms. The summed E-state index contributed by atoms with van der Waals surface area (Å²) in [4.78, 5) is 0. The fourth-order valence-electron chi connectivity index (χ4n) is 2.42. The van der Waals surface area contributed by atoms with Crippen LogP contribution in [0.1, 0.15) is 49.3 Å². The molecule has 0 amide bonds. The van der Waals surface area contributed by atoms with E-state index in [1.54, 1.807) is 7.11 Å².